The van der Waals surface area contributed by atoms with Crippen molar-refractivity contribution >= 4 is 29.0 Å². The van der Waals surface area contributed by atoms with Crippen molar-refractivity contribution in [2.45, 2.75) is 52.6 Å². The number of aromatic nitrogens is 4. The Kier molecular flexibility index (Phi) is 5.29. The Hall–Kier alpha value is -1.33. The lowest BCUT2D eigenvalue weighted by atomic mass is 9.91. The summed E-state index contributed by atoms with van der Waals surface area (Å²) in [5, 5.41) is 0.817. The number of nitrogens with zero attached hydrogens (tertiary/aromatic N) is 4. The Morgan fingerprint density at radius 1 is 1.00 bits per heavy atom. The number of Topliss-reactive ketones (excluding diaryl/α,β-unsaturated/α-hetero) is 1. The molecule has 2 aromatic heterocycles. The number of ketones is 1. The summed E-state index contributed by atoms with van der Waals surface area (Å²) < 4.78 is 3.70. The number of carbonyl (C=O) groups is 1. The molecule has 2 unspecified atom stereocenters. The van der Waals surface area contributed by atoms with Gasteiger partial charge >= 0.3 is 0 Å². The van der Waals surface area contributed by atoms with Gasteiger partial charge in [0.05, 0.1) is 24.2 Å². The lowest BCUT2D eigenvalue weighted by Gasteiger charge is -2.19. The first-order chi connectivity index (χ1) is 10.4. The van der Waals surface area contributed by atoms with Gasteiger partial charge in [0.2, 0.25) is 10.6 Å². The highest BCUT2D eigenvalue weighted by Gasteiger charge is 2.28. The minimum atomic E-state index is -0.297. The van der Waals surface area contributed by atoms with E-state index in [0.717, 1.165) is 11.4 Å². The number of rotatable bonds is 6. The standard InChI is InChI=1S/C15H20Cl2N4O/c1-5-20-11(7-18-14(20)16)9(3)13(22)10(4)12-8-19-15(17)21(12)6-2/h7-10H,5-6H2,1-4H3. The van der Waals surface area contributed by atoms with E-state index in [1.165, 1.54) is 0 Å². The zero-order chi connectivity index (χ0) is 16.4. The summed E-state index contributed by atoms with van der Waals surface area (Å²) in [6, 6.07) is 0. The second-order valence-corrected chi connectivity index (χ2v) is 5.91. The summed E-state index contributed by atoms with van der Waals surface area (Å²) in [5.74, 6) is -0.500. The monoisotopic (exact) mass is 342 g/mol. The van der Waals surface area contributed by atoms with Crippen molar-refractivity contribution in [2.75, 3.05) is 0 Å². The van der Waals surface area contributed by atoms with Gasteiger partial charge in [-0.2, -0.15) is 0 Å². The van der Waals surface area contributed by atoms with Crippen LogP contribution in [0.2, 0.25) is 10.6 Å². The fourth-order valence-electron chi connectivity index (χ4n) is 2.71. The molecule has 0 aliphatic rings. The summed E-state index contributed by atoms with van der Waals surface area (Å²) >= 11 is 12.1. The van der Waals surface area contributed by atoms with Crippen molar-refractivity contribution in [1.82, 2.24) is 19.1 Å². The molecule has 0 saturated carbocycles. The molecule has 7 heteroatoms. The van der Waals surface area contributed by atoms with E-state index in [2.05, 4.69) is 9.97 Å². The molecular weight excluding hydrogens is 323 g/mol. The fraction of sp³-hybridized carbons (Fsp3) is 0.533. The average Bonchev–Trinajstić information content (AvgIpc) is 3.07. The van der Waals surface area contributed by atoms with E-state index in [9.17, 15) is 4.79 Å². The summed E-state index contributed by atoms with van der Waals surface area (Å²) in [7, 11) is 0. The van der Waals surface area contributed by atoms with Gasteiger partial charge in [-0.05, 0) is 50.9 Å². The van der Waals surface area contributed by atoms with Gasteiger partial charge in [0.15, 0.2) is 0 Å². The third kappa shape index (κ3) is 2.92. The van der Waals surface area contributed by atoms with E-state index >= 15 is 0 Å². The molecule has 5 nitrogen and oxygen atoms in total. The van der Waals surface area contributed by atoms with Crippen molar-refractivity contribution in [3.8, 4) is 0 Å². The maximum Gasteiger partial charge on any atom is 0.202 e. The molecule has 0 radical (unpaired) electrons. The van der Waals surface area contributed by atoms with Crippen LogP contribution in [0.1, 0.15) is 50.9 Å². The molecule has 22 heavy (non-hydrogen) atoms. The number of carbonyl (C=O) groups excluding carboxylic acids is 1. The van der Waals surface area contributed by atoms with Gasteiger partial charge in [0.25, 0.3) is 0 Å². The van der Waals surface area contributed by atoms with E-state index in [0.29, 0.717) is 23.7 Å². The lowest BCUT2D eigenvalue weighted by Crippen LogP contribution is -2.21. The normalized spacial score (nSPS) is 14.1. The predicted octanol–water partition coefficient (Wildman–Crippen LogP) is 3.90. The second-order valence-electron chi connectivity index (χ2n) is 5.24. The smallest absolute Gasteiger partial charge is 0.202 e. The van der Waals surface area contributed by atoms with Gasteiger partial charge < -0.3 is 9.13 Å². The molecule has 2 heterocycles. The first-order valence-corrected chi connectivity index (χ1v) is 8.13. The van der Waals surface area contributed by atoms with Gasteiger partial charge in [-0.15, -0.1) is 0 Å². The maximum atomic E-state index is 12.8. The molecule has 2 aromatic rings. The summed E-state index contributed by atoms with van der Waals surface area (Å²) in [6.45, 7) is 9.07. The second kappa shape index (κ2) is 6.84. The van der Waals surface area contributed by atoms with E-state index in [1.54, 1.807) is 12.4 Å². The Labute approximate surface area is 140 Å². The van der Waals surface area contributed by atoms with Crippen molar-refractivity contribution in [3.05, 3.63) is 34.3 Å². The number of hydrogen-bond donors (Lipinski definition) is 0. The van der Waals surface area contributed by atoms with Gasteiger partial charge in [-0.25, -0.2) is 9.97 Å². The summed E-state index contributed by atoms with van der Waals surface area (Å²) in [6.07, 6.45) is 3.34. The van der Waals surface area contributed by atoms with Crippen molar-refractivity contribution in [2.24, 2.45) is 0 Å². The predicted molar refractivity (Wildman–Crippen MR) is 87.7 cm³/mol. The highest BCUT2D eigenvalue weighted by Crippen LogP contribution is 2.29. The fourth-order valence-corrected chi connectivity index (χ4v) is 3.25. The lowest BCUT2D eigenvalue weighted by molar-refractivity contribution is -0.121. The zero-order valence-electron chi connectivity index (χ0n) is 13.2. The van der Waals surface area contributed by atoms with Crippen molar-refractivity contribution in [3.63, 3.8) is 0 Å². The summed E-state index contributed by atoms with van der Waals surface area (Å²) in [5.41, 5.74) is 1.66. The molecule has 0 N–H and O–H groups in total. The first-order valence-electron chi connectivity index (χ1n) is 7.37. The van der Waals surface area contributed by atoms with Gasteiger partial charge in [0, 0.05) is 24.5 Å². The minimum absolute atomic E-state index is 0.0949. The highest BCUT2D eigenvalue weighted by molar-refractivity contribution is 6.28. The third-order valence-electron chi connectivity index (χ3n) is 4.05. The van der Waals surface area contributed by atoms with E-state index < -0.39 is 0 Å². The molecule has 0 saturated heterocycles. The Balaban J connectivity index is 2.30. The van der Waals surface area contributed by atoms with Crippen LogP contribution in [0.15, 0.2) is 12.4 Å². The molecule has 2 atom stereocenters. The van der Waals surface area contributed by atoms with Crippen LogP contribution in [-0.2, 0) is 17.9 Å². The number of imidazole rings is 2. The number of hydrogen-bond acceptors (Lipinski definition) is 3. The summed E-state index contributed by atoms with van der Waals surface area (Å²) in [4.78, 5) is 21.0. The topological polar surface area (TPSA) is 52.7 Å². The highest BCUT2D eigenvalue weighted by atomic mass is 35.5. The van der Waals surface area contributed by atoms with Crippen LogP contribution in [0.25, 0.3) is 0 Å². The first kappa shape index (κ1) is 17.0. The van der Waals surface area contributed by atoms with Crippen LogP contribution in [-0.4, -0.2) is 24.9 Å². The zero-order valence-corrected chi connectivity index (χ0v) is 14.7. The molecule has 0 aliphatic carbocycles. The molecule has 0 aromatic carbocycles. The molecule has 0 aliphatic heterocycles. The average molecular weight is 343 g/mol. The van der Waals surface area contributed by atoms with Crippen molar-refractivity contribution < 1.29 is 4.79 Å². The maximum absolute atomic E-state index is 12.8. The largest absolute Gasteiger partial charge is 0.318 e. The van der Waals surface area contributed by atoms with E-state index in [1.807, 2.05) is 36.8 Å². The molecule has 0 amide bonds. The Morgan fingerprint density at radius 3 is 1.68 bits per heavy atom. The van der Waals surface area contributed by atoms with Gasteiger partial charge in [-0.3, -0.25) is 4.79 Å². The van der Waals surface area contributed by atoms with E-state index in [-0.39, 0.29) is 17.6 Å². The van der Waals surface area contributed by atoms with Crippen molar-refractivity contribution in [1.29, 1.82) is 0 Å². The molecule has 0 fully saturated rings. The quantitative estimate of drug-likeness (QED) is 0.799. The minimum Gasteiger partial charge on any atom is -0.318 e. The van der Waals surface area contributed by atoms with Crippen LogP contribution in [0.5, 0.6) is 0 Å². The van der Waals surface area contributed by atoms with Crippen LogP contribution in [0.3, 0.4) is 0 Å². The SMILES string of the molecule is CCn1c(C(C)C(=O)C(C)c2cnc(Cl)n2CC)cnc1Cl. The molecule has 2 rings (SSSR count). The molecular formula is C15H20Cl2N4O. The van der Waals surface area contributed by atoms with Crippen LogP contribution < -0.4 is 0 Å². The third-order valence-corrected chi connectivity index (χ3v) is 4.65. The Bertz CT molecular complexity index is 621. The van der Waals surface area contributed by atoms with Crippen LogP contribution in [0.4, 0.5) is 0 Å². The van der Waals surface area contributed by atoms with Gasteiger partial charge in [-0.1, -0.05) is 0 Å². The molecule has 0 spiro atoms. The van der Waals surface area contributed by atoms with Gasteiger partial charge in [0.1, 0.15) is 5.78 Å². The number of halogens is 2. The van der Waals surface area contributed by atoms with Crippen LogP contribution >= 0.6 is 23.2 Å². The Morgan fingerprint density at radius 2 is 1.36 bits per heavy atom. The molecule has 120 valence electrons. The van der Waals surface area contributed by atoms with E-state index in [4.69, 9.17) is 23.2 Å². The van der Waals surface area contributed by atoms with Crippen LogP contribution in [0, 0.1) is 0 Å². The molecule has 0 bridgehead atoms.